The number of hydrogen-bond acceptors (Lipinski definition) is 5. The summed E-state index contributed by atoms with van der Waals surface area (Å²) in [5.74, 6) is 0.0803. The van der Waals surface area contributed by atoms with Gasteiger partial charge in [-0.2, -0.15) is 0 Å². The third-order valence-corrected chi connectivity index (χ3v) is 3.54. The lowest BCUT2D eigenvalue weighted by Crippen LogP contribution is -2.14. The molecule has 138 valence electrons. The van der Waals surface area contributed by atoms with Crippen LogP contribution in [0.4, 0.5) is 11.4 Å². The minimum atomic E-state index is -0.392. The molecule has 0 unspecified atom stereocenters. The molecule has 0 fully saturated rings. The lowest BCUT2D eigenvalue weighted by molar-refractivity contribution is -0.116. The van der Waals surface area contributed by atoms with E-state index in [1.807, 2.05) is 19.1 Å². The van der Waals surface area contributed by atoms with Gasteiger partial charge in [-0.15, -0.1) is 0 Å². The van der Waals surface area contributed by atoms with E-state index in [2.05, 4.69) is 5.32 Å². The summed E-state index contributed by atoms with van der Waals surface area (Å²) in [7, 11) is 0. The SMILES string of the molecule is CCCOC(=O)c1cccc(NC(=O)CCCOc2ccccc2N)c1. The number of para-hydroxylation sites is 2. The standard InChI is InChI=1S/C20H24N2O4/c1-2-12-26-20(24)15-7-5-8-16(14-15)22-19(23)11-6-13-25-18-10-4-3-9-17(18)21/h3-5,7-10,14H,2,6,11-13,21H2,1H3,(H,22,23). The largest absolute Gasteiger partial charge is 0.491 e. The number of benzene rings is 2. The topological polar surface area (TPSA) is 90.6 Å². The minimum absolute atomic E-state index is 0.145. The van der Waals surface area contributed by atoms with Crippen molar-refractivity contribution < 1.29 is 19.1 Å². The third-order valence-electron chi connectivity index (χ3n) is 3.54. The van der Waals surface area contributed by atoms with Gasteiger partial charge >= 0.3 is 5.97 Å². The molecule has 6 nitrogen and oxygen atoms in total. The monoisotopic (exact) mass is 356 g/mol. The summed E-state index contributed by atoms with van der Waals surface area (Å²) in [4.78, 5) is 23.9. The van der Waals surface area contributed by atoms with Crippen LogP contribution in [0.1, 0.15) is 36.5 Å². The first-order valence-electron chi connectivity index (χ1n) is 8.64. The van der Waals surface area contributed by atoms with E-state index in [4.69, 9.17) is 15.2 Å². The van der Waals surface area contributed by atoms with Crippen molar-refractivity contribution in [1.29, 1.82) is 0 Å². The van der Waals surface area contributed by atoms with Gasteiger partial charge in [-0.05, 0) is 43.2 Å². The molecule has 0 atom stereocenters. The summed E-state index contributed by atoms with van der Waals surface area (Å²) in [5, 5.41) is 2.78. The zero-order valence-corrected chi connectivity index (χ0v) is 14.9. The molecule has 2 aromatic rings. The van der Waals surface area contributed by atoms with E-state index >= 15 is 0 Å². The molecule has 0 aliphatic carbocycles. The number of ether oxygens (including phenoxy) is 2. The molecule has 0 radical (unpaired) electrons. The van der Waals surface area contributed by atoms with Gasteiger partial charge in [0.25, 0.3) is 0 Å². The fourth-order valence-corrected chi connectivity index (χ4v) is 2.25. The van der Waals surface area contributed by atoms with Crippen molar-refractivity contribution in [3.05, 3.63) is 54.1 Å². The molecule has 0 bridgehead atoms. The van der Waals surface area contributed by atoms with E-state index < -0.39 is 5.97 Å². The summed E-state index contributed by atoms with van der Waals surface area (Å²) in [5.41, 5.74) is 7.34. The molecule has 2 aromatic carbocycles. The number of carbonyl (C=O) groups excluding carboxylic acids is 2. The Labute approximate surface area is 153 Å². The zero-order valence-electron chi connectivity index (χ0n) is 14.9. The normalized spacial score (nSPS) is 10.2. The second kappa shape index (κ2) is 10.1. The molecule has 0 spiro atoms. The van der Waals surface area contributed by atoms with Gasteiger partial charge in [-0.25, -0.2) is 4.79 Å². The summed E-state index contributed by atoms with van der Waals surface area (Å²) < 4.78 is 10.6. The molecule has 6 heteroatoms. The highest BCUT2D eigenvalue weighted by Gasteiger charge is 2.09. The van der Waals surface area contributed by atoms with Crippen LogP contribution in [0.25, 0.3) is 0 Å². The van der Waals surface area contributed by atoms with E-state index in [1.54, 1.807) is 36.4 Å². The summed E-state index contributed by atoms with van der Waals surface area (Å²) >= 11 is 0. The van der Waals surface area contributed by atoms with Crippen LogP contribution in [0.2, 0.25) is 0 Å². The van der Waals surface area contributed by atoms with Crippen LogP contribution in [-0.4, -0.2) is 25.1 Å². The van der Waals surface area contributed by atoms with Crippen molar-refractivity contribution in [1.82, 2.24) is 0 Å². The lowest BCUT2D eigenvalue weighted by Gasteiger charge is -2.09. The Balaban J connectivity index is 1.77. The van der Waals surface area contributed by atoms with Gasteiger partial charge in [-0.1, -0.05) is 25.1 Å². The average Bonchev–Trinajstić information content (AvgIpc) is 2.64. The van der Waals surface area contributed by atoms with Crippen LogP contribution in [-0.2, 0) is 9.53 Å². The van der Waals surface area contributed by atoms with Crippen molar-refractivity contribution in [2.75, 3.05) is 24.3 Å². The number of nitrogens with one attached hydrogen (secondary N) is 1. The molecule has 3 N–H and O–H groups in total. The summed E-state index contributed by atoms with van der Waals surface area (Å²) in [6.07, 6.45) is 1.62. The molecule has 1 amide bonds. The van der Waals surface area contributed by atoms with Crippen molar-refractivity contribution in [3.63, 3.8) is 0 Å². The number of amides is 1. The van der Waals surface area contributed by atoms with Crippen LogP contribution >= 0.6 is 0 Å². The molecule has 0 aliphatic heterocycles. The molecule has 0 saturated heterocycles. The van der Waals surface area contributed by atoms with Gasteiger partial charge in [0.2, 0.25) is 5.91 Å². The molecule has 2 rings (SSSR count). The second-order valence-electron chi connectivity index (χ2n) is 5.75. The molecular formula is C20H24N2O4. The van der Waals surface area contributed by atoms with Gasteiger partial charge in [-0.3, -0.25) is 4.79 Å². The van der Waals surface area contributed by atoms with Gasteiger partial charge < -0.3 is 20.5 Å². The number of nitrogen functional groups attached to an aromatic ring is 1. The Morgan fingerprint density at radius 1 is 1.08 bits per heavy atom. The maximum absolute atomic E-state index is 12.0. The Morgan fingerprint density at radius 3 is 2.65 bits per heavy atom. The minimum Gasteiger partial charge on any atom is -0.491 e. The highest BCUT2D eigenvalue weighted by Crippen LogP contribution is 2.20. The van der Waals surface area contributed by atoms with Gasteiger partial charge in [0.1, 0.15) is 5.75 Å². The number of nitrogens with two attached hydrogens (primary N) is 1. The second-order valence-corrected chi connectivity index (χ2v) is 5.75. The van der Waals surface area contributed by atoms with E-state index in [1.165, 1.54) is 0 Å². The van der Waals surface area contributed by atoms with Gasteiger partial charge in [0, 0.05) is 12.1 Å². The van der Waals surface area contributed by atoms with E-state index in [-0.39, 0.29) is 5.91 Å². The molecule has 0 saturated carbocycles. The molecule has 0 heterocycles. The number of anilines is 2. The van der Waals surface area contributed by atoms with Gasteiger partial charge in [0.05, 0.1) is 24.5 Å². The molecule has 0 aromatic heterocycles. The van der Waals surface area contributed by atoms with Crippen molar-refractivity contribution in [2.45, 2.75) is 26.2 Å². The fourth-order valence-electron chi connectivity index (χ4n) is 2.25. The van der Waals surface area contributed by atoms with Crippen molar-refractivity contribution in [2.24, 2.45) is 0 Å². The first-order valence-corrected chi connectivity index (χ1v) is 8.64. The highest BCUT2D eigenvalue weighted by atomic mass is 16.5. The van der Waals surface area contributed by atoms with E-state index in [0.717, 1.165) is 6.42 Å². The average molecular weight is 356 g/mol. The number of hydrogen-bond donors (Lipinski definition) is 2. The van der Waals surface area contributed by atoms with Crippen LogP contribution < -0.4 is 15.8 Å². The number of carbonyl (C=O) groups is 2. The van der Waals surface area contributed by atoms with Crippen LogP contribution in [0.3, 0.4) is 0 Å². The first kappa shape index (κ1) is 19.3. The number of esters is 1. The van der Waals surface area contributed by atoms with Crippen molar-refractivity contribution >= 4 is 23.3 Å². The maximum Gasteiger partial charge on any atom is 0.338 e. The molecular weight excluding hydrogens is 332 g/mol. The predicted octanol–water partition coefficient (Wildman–Crippen LogP) is 3.63. The fraction of sp³-hybridized carbons (Fsp3) is 0.300. The van der Waals surface area contributed by atoms with Crippen molar-refractivity contribution in [3.8, 4) is 5.75 Å². The first-order chi connectivity index (χ1) is 12.6. The van der Waals surface area contributed by atoms with E-state index in [9.17, 15) is 9.59 Å². The Bertz CT molecular complexity index is 746. The smallest absolute Gasteiger partial charge is 0.338 e. The lowest BCUT2D eigenvalue weighted by atomic mass is 10.2. The molecule has 26 heavy (non-hydrogen) atoms. The number of rotatable bonds is 9. The third kappa shape index (κ3) is 6.12. The van der Waals surface area contributed by atoms with Gasteiger partial charge in [0.15, 0.2) is 0 Å². The predicted molar refractivity (Wildman–Crippen MR) is 101 cm³/mol. The quantitative estimate of drug-likeness (QED) is 0.407. The summed E-state index contributed by atoms with van der Waals surface area (Å²) in [6, 6.07) is 13.9. The Hall–Kier alpha value is -3.02. The Morgan fingerprint density at radius 2 is 1.88 bits per heavy atom. The van der Waals surface area contributed by atoms with Crippen LogP contribution in [0, 0.1) is 0 Å². The highest BCUT2D eigenvalue weighted by molar-refractivity contribution is 5.94. The Kier molecular flexibility index (Phi) is 7.49. The molecule has 0 aliphatic rings. The summed E-state index contributed by atoms with van der Waals surface area (Å²) in [6.45, 7) is 2.70. The maximum atomic E-state index is 12.0. The van der Waals surface area contributed by atoms with Crippen LogP contribution in [0.5, 0.6) is 5.75 Å². The zero-order chi connectivity index (χ0) is 18.8. The van der Waals surface area contributed by atoms with E-state index in [0.29, 0.717) is 48.7 Å². The van der Waals surface area contributed by atoms with Crippen LogP contribution in [0.15, 0.2) is 48.5 Å².